The maximum atomic E-state index is 13.0. The molecule has 0 radical (unpaired) electrons. The van der Waals surface area contributed by atoms with Crippen molar-refractivity contribution in [3.05, 3.63) is 71.7 Å². The van der Waals surface area contributed by atoms with Gasteiger partial charge in [-0.05, 0) is 30.2 Å². The second kappa shape index (κ2) is 10.4. The molecule has 0 fully saturated rings. The van der Waals surface area contributed by atoms with E-state index in [2.05, 4.69) is 30.8 Å². The lowest BCUT2D eigenvalue weighted by atomic mass is 10.1. The summed E-state index contributed by atoms with van der Waals surface area (Å²) in [5, 5.41) is 33.4. The molecule has 2 aromatic heterocycles. The summed E-state index contributed by atoms with van der Waals surface area (Å²) in [6, 6.07) is 12.8. The van der Waals surface area contributed by atoms with Gasteiger partial charge in [0.25, 0.3) is 11.8 Å². The number of anilines is 3. The summed E-state index contributed by atoms with van der Waals surface area (Å²) >= 11 is 0. The van der Waals surface area contributed by atoms with Gasteiger partial charge >= 0.3 is 6.43 Å². The molecule has 38 heavy (non-hydrogen) atoms. The SMILES string of the molecule is O=S1(=O)CCC(O)c2cc(Nc3ncc(-c4nnc(C(F)F)o4)c(N[C@H](CO)c4ccccc4)n3)ccc21. The monoisotopic (exact) mass is 544 g/mol. The van der Waals surface area contributed by atoms with Crippen LogP contribution in [0.3, 0.4) is 0 Å². The predicted octanol–water partition coefficient (Wildman–Crippen LogP) is 3.56. The van der Waals surface area contributed by atoms with Crippen molar-refractivity contribution in [2.45, 2.75) is 29.9 Å². The third-order valence-corrected chi connectivity index (χ3v) is 7.78. The molecule has 11 nitrogen and oxygen atoms in total. The van der Waals surface area contributed by atoms with Crippen LogP contribution >= 0.6 is 0 Å². The zero-order chi connectivity index (χ0) is 26.9. The van der Waals surface area contributed by atoms with Crippen molar-refractivity contribution in [1.82, 2.24) is 20.2 Å². The van der Waals surface area contributed by atoms with Gasteiger partial charge in [0.2, 0.25) is 5.95 Å². The summed E-state index contributed by atoms with van der Waals surface area (Å²) in [4.78, 5) is 8.71. The van der Waals surface area contributed by atoms with Gasteiger partial charge < -0.3 is 25.3 Å². The number of aliphatic hydroxyl groups excluding tert-OH is 2. The van der Waals surface area contributed by atoms with E-state index in [-0.39, 0.29) is 52.5 Å². The van der Waals surface area contributed by atoms with Crippen molar-refractivity contribution in [2.24, 2.45) is 0 Å². The van der Waals surface area contributed by atoms with E-state index in [9.17, 15) is 27.4 Å². The average molecular weight is 545 g/mol. The number of nitrogens with one attached hydrogen (secondary N) is 2. The molecular formula is C24H22F2N6O5S. The number of fused-ring (bicyclic) bond motifs is 1. The molecule has 14 heteroatoms. The topological polar surface area (TPSA) is 163 Å². The van der Waals surface area contributed by atoms with E-state index in [1.807, 2.05) is 6.07 Å². The van der Waals surface area contributed by atoms with Crippen LogP contribution in [-0.4, -0.2) is 51.2 Å². The molecule has 4 aromatic rings. The van der Waals surface area contributed by atoms with E-state index in [4.69, 9.17) is 4.42 Å². The summed E-state index contributed by atoms with van der Waals surface area (Å²) in [7, 11) is -3.48. The minimum absolute atomic E-state index is 0.0581. The van der Waals surface area contributed by atoms with Crippen LogP contribution in [-0.2, 0) is 9.84 Å². The number of alkyl halides is 2. The predicted molar refractivity (Wildman–Crippen MR) is 132 cm³/mol. The number of halogens is 2. The Morgan fingerprint density at radius 3 is 2.63 bits per heavy atom. The first kappa shape index (κ1) is 25.6. The quantitative estimate of drug-likeness (QED) is 0.256. The minimum Gasteiger partial charge on any atom is -0.415 e. The molecule has 2 aromatic carbocycles. The highest BCUT2D eigenvalue weighted by Crippen LogP contribution is 2.35. The summed E-state index contributed by atoms with van der Waals surface area (Å²) in [6.45, 7) is -0.320. The van der Waals surface area contributed by atoms with Gasteiger partial charge in [-0.3, -0.25) is 0 Å². The molecule has 0 amide bonds. The van der Waals surface area contributed by atoms with Gasteiger partial charge in [-0.15, -0.1) is 10.2 Å². The Hall–Kier alpha value is -4.01. The molecule has 2 atom stereocenters. The van der Waals surface area contributed by atoms with Crippen molar-refractivity contribution >= 4 is 27.3 Å². The zero-order valence-corrected chi connectivity index (χ0v) is 20.4. The van der Waals surface area contributed by atoms with Crippen LogP contribution in [0.4, 0.5) is 26.2 Å². The number of aromatic nitrogens is 4. The summed E-state index contributed by atoms with van der Waals surface area (Å²) in [5.41, 5.74) is 1.54. The van der Waals surface area contributed by atoms with E-state index in [1.54, 1.807) is 24.3 Å². The van der Waals surface area contributed by atoms with Crippen molar-refractivity contribution < 1.29 is 31.8 Å². The number of aliphatic hydroxyl groups is 2. The van der Waals surface area contributed by atoms with Gasteiger partial charge in [-0.1, -0.05) is 30.3 Å². The van der Waals surface area contributed by atoms with Crippen molar-refractivity contribution in [2.75, 3.05) is 23.0 Å². The van der Waals surface area contributed by atoms with E-state index in [0.717, 1.165) is 5.56 Å². The number of benzene rings is 2. The molecule has 0 saturated heterocycles. The number of rotatable bonds is 8. The van der Waals surface area contributed by atoms with Crippen LogP contribution in [0.1, 0.15) is 42.0 Å². The average Bonchev–Trinajstić information content (AvgIpc) is 3.41. The third-order valence-electron chi connectivity index (χ3n) is 5.96. The number of hydrogen-bond donors (Lipinski definition) is 4. The summed E-state index contributed by atoms with van der Waals surface area (Å²) < 4.78 is 55.9. The highest BCUT2D eigenvalue weighted by Gasteiger charge is 2.29. The molecule has 1 aliphatic heterocycles. The molecule has 3 heterocycles. The van der Waals surface area contributed by atoms with Gasteiger partial charge in [0, 0.05) is 17.4 Å². The largest absolute Gasteiger partial charge is 0.415 e. The Bertz CT molecular complexity index is 1550. The number of hydrogen-bond acceptors (Lipinski definition) is 11. The molecule has 5 rings (SSSR count). The van der Waals surface area contributed by atoms with Crippen LogP contribution in [0.15, 0.2) is 64.0 Å². The standard InChI is InChI=1S/C24H22F2N6O5S/c25-20(26)23-32-31-22(37-23)16-11-27-24(30-21(16)29-17(12-33)13-4-2-1-3-5-13)28-14-6-7-19-15(10-14)18(34)8-9-38(19,35)36/h1-7,10-11,17-18,20,33-34H,8-9,12H2,(H2,27,28,29,30)/t17-,18?/m1/s1. The Kier molecular flexibility index (Phi) is 7.01. The van der Waals surface area contributed by atoms with Crippen LogP contribution in [0.25, 0.3) is 11.5 Å². The second-order valence-electron chi connectivity index (χ2n) is 8.49. The Morgan fingerprint density at radius 1 is 1.13 bits per heavy atom. The first-order chi connectivity index (χ1) is 18.2. The molecule has 198 valence electrons. The van der Waals surface area contributed by atoms with Gasteiger partial charge in [0.1, 0.15) is 5.82 Å². The van der Waals surface area contributed by atoms with E-state index < -0.39 is 34.3 Å². The fourth-order valence-electron chi connectivity index (χ4n) is 4.06. The maximum Gasteiger partial charge on any atom is 0.314 e. The van der Waals surface area contributed by atoms with Gasteiger partial charge in [0.15, 0.2) is 9.84 Å². The van der Waals surface area contributed by atoms with Crippen molar-refractivity contribution in [3.8, 4) is 11.5 Å². The van der Waals surface area contributed by atoms with E-state index in [0.29, 0.717) is 5.69 Å². The lowest BCUT2D eigenvalue weighted by Crippen LogP contribution is -2.20. The van der Waals surface area contributed by atoms with E-state index >= 15 is 0 Å². The summed E-state index contributed by atoms with van der Waals surface area (Å²) in [6.07, 6.45) is -2.52. The normalized spacial score (nSPS) is 17.1. The molecule has 0 spiro atoms. The molecule has 0 aliphatic carbocycles. The molecular weight excluding hydrogens is 522 g/mol. The molecule has 0 saturated carbocycles. The molecule has 0 bridgehead atoms. The maximum absolute atomic E-state index is 13.0. The van der Waals surface area contributed by atoms with Crippen LogP contribution in [0.2, 0.25) is 0 Å². The molecule has 4 N–H and O–H groups in total. The Morgan fingerprint density at radius 2 is 1.92 bits per heavy atom. The number of nitrogens with zero attached hydrogens (tertiary/aromatic N) is 4. The van der Waals surface area contributed by atoms with Crippen molar-refractivity contribution in [3.63, 3.8) is 0 Å². The second-order valence-corrected chi connectivity index (χ2v) is 10.6. The first-order valence-electron chi connectivity index (χ1n) is 11.5. The fourth-order valence-corrected chi connectivity index (χ4v) is 5.64. The Balaban J connectivity index is 1.51. The van der Waals surface area contributed by atoms with Gasteiger partial charge in [-0.25, -0.2) is 13.4 Å². The number of sulfone groups is 1. The molecule has 1 aliphatic rings. The smallest absolute Gasteiger partial charge is 0.314 e. The van der Waals surface area contributed by atoms with E-state index in [1.165, 1.54) is 24.4 Å². The first-order valence-corrected chi connectivity index (χ1v) is 13.1. The van der Waals surface area contributed by atoms with Crippen LogP contribution in [0.5, 0.6) is 0 Å². The van der Waals surface area contributed by atoms with Crippen LogP contribution < -0.4 is 10.6 Å². The van der Waals surface area contributed by atoms with Gasteiger partial charge in [0.05, 0.1) is 35.0 Å². The third kappa shape index (κ3) is 5.18. The highest BCUT2D eigenvalue weighted by molar-refractivity contribution is 7.91. The zero-order valence-electron chi connectivity index (χ0n) is 19.6. The lowest BCUT2D eigenvalue weighted by Gasteiger charge is -2.22. The van der Waals surface area contributed by atoms with Gasteiger partial charge in [-0.2, -0.15) is 13.8 Å². The fraction of sp³-hybridized carbons (Fsp3) is 0.250. The van der Waals surface area contributed by atoms with Crippen molar-refractivity contribution in [1.29, 1.82) is 0 Å². The highest BCUT2D eigenvalue weighted by atomic mass is 32.2. The lowest BCUT2D eigenvalue weighted by molar-refractivity contribution is 0.116. The summed E-state index contributed by atoms with van der Waals surface area (Å²) in [5.74, 6) is -1.08. The molecule has 1 unspecified atom stereocenters. The minimum atomic E-state index is -3.48. The Labute approximate surface area is 215 Å². The van der Waals surface area contributed by atoms with Crippen LogP contribution in [0, 0.1) is 0 Å².